The van der Waals surface area contributed by atoms with Crippen LogP contribution < -0.4 is 10.1 Å². The van der Waals surface area contributed by atoms with E-state index in [4.69, 9.17) is 13.9 Å². The number of hydrogen-bond donors (Lipinski definition) is 1. The van der Waals surface area contributed by atoms with Crippen molar-refractivity contribution in [1.82, 2.24) is 4.90 Å². The molecule has 1 amide bonds. The van der Waals surface area contributed by atoms with Crippen LogP contribution in [0.3, 0.4) is 0 Å². The van der Waals surface area contributed by atoms with Crippen molar-refractivity contribution in [3.05, 3.63) is 47.9 Å². The molecule has 0 radical (unpaired) electrons. The highest BCUT2D eigenvalue weighted by molar-refractivity contribution is 5.93. The van der Waals surface area contributed by atoms with Crippen LogP contribution in [0.25, 0.3) is 0 Å². The van der Waals surface area contributed by atoms with Crippen molar-refractivity contribution in [1.29, 1.82) is 0 Å². The minimum atomic E-state index is -0.460. The highest BCUT2D eigenvalue weighted by Gasteiger charge is 2.19. The van der Waals surface area contributed by atoms with Gasteiger partial charge in [0, 0.05) is 0 Å². The first-order valence-electron chi connectivity index (χ1n) is 7.89. The number of amides is 1. The summed E-state index contributed by atoms with van der Waals surface area (Å²) in [6.45, 7) is 3.01. The van der Waals surface area contributed by atoms with Gasteiger partial charge in [-0.3, -0.25) is 9.69 Å². The molecule has 2 rings (SSSR count). The number of carbonyl (C=O) groups excluding carboxylic acids is 2. The van der Waals surface area contributed by atoms with Crippen LogP contribution in [0.5, 0.6) is 5.75 Å². The normalized spacial score (nSPS) is 10.6. The van der Waals surface area contributed by atoms with E-state index in [2.05, 4.69) is 5.32 Å². The van der Waals surface area contributed by atoms with Crippen LogP contribution in [-0.2, 0) is 16.1 Å². The third-order valence-corrected chi connectivity index (χ3v) is 3.71. The van der Waals surface area contributed by atoms with Gasteiger partial charge in [-0.2, -0.15) is 0 Å². The molecule has 0 saturated carbocycles. The third-order valence-electron chi connectivity index (χ3n) is 3.71. The monoisotopic (exact) mass is 346 g/mol. The number of carbonyl (C=O) groups is 2. The number of esters is 1. The van der Waals surface area contributed by atoms with E-state index in [9.17, 15) is 9.59 Å². The number of benzene rings is 1. The maximum atomic E-state index is 12.3. The predicted octanol–water partition coefficient (Wildman–Crippen LogP) is 2.54. The molecule has 2 aromatic rings. The molecule has 7 heteroatoms. The molecule has 1 aromatic carbocycles. The van der Waals surface area contributed by atoms with Gasteiger partial charge in [-0.25, -0.2) is 4.79 Å². The van der Waals surface area contributed by atoms with E-state index >= 15 is 0 Å². The number of para-hydroxylation sites is 2. The van der Waals surface area contributed by atoms with E-state index in [1.165, 1.54) is 13.4 Å². The van der Waals surface area contributed by atoms with E-state index in [1.807, 2.05) is 24.0 Å². The Morgan fingerprint density at radius 1 is 1.20 bits per heavy atom. The van der Waals surface area contributed by atoms with E-state index in [0.29, 0.717) is 35.9 Å². The van der Waals surface area contributed by atoms with Crippen LogP contribution >= 0.6 is 0 Å². The van der Waals surface area contributed by atoms with Crippen molar-refractivity contribution >= 4 is 17.6 Å². The topological polar surface area (TPSA) is 81.0 Å². The molecule has 7 nitrogen and oxygen atoms in total. The molecule has 1 aromatic heterocycles. The van der Waals surface area contributed by atoms with Crippen LogP contribution in [0, 0.1) is 0 Å². The zero-order valence-electron chi connectivity index (χ0n) is 14.6. The fraction of sp³-hybridized carbons (Fsp3) is 0.333. The van der Waals surface area contributed by atoms with Crippen molar-refractivity contribution in [2.75, 3.05) is 32.6 Å². The van der Waals surface area contributed by atoms with Crippen molar-refractivity contribution in [2.24, 2.45) is 0 Å². The Morgan fingerprint density at radius 3 is 2.64 bits per heavy atom. The van der Waals surface area contributed by atoms with Gasteiger partial charge in [0.1, 0.15) is 17.1 Å². The Labute approximate surface area is 146 Å². The van der Waals surface area contributed by atoms with E-state index < -0.39 is 5.97 Å². The lowest BCUT2D eigenvalue weighted by Gasteiger charge is -2.19. The maximum absolute atomic E-state index is 12.3. The predicted molar refractivity (Wildman–Crippen MR) is 92.6 cm³/mol. The molecule has 0 fully saturated rings. The van der Waals surface area contributed by atoms with Crippen molar-refractivity contribution < 1.29 is 23.5 Å². The Balaban J connectivity index is 2.01. The minimum absolute atomic E-state index is 0.149. The lowest BCUT2D eigenvalue weighted by atomic mass is 10.2. The smallest absolute Gasteiger partial charge is 0.341 e. The van der Waals surface area contributed by atoms with Gasteiger partial charge in [0.2, 0.25) is 5.91 Å². The van der Waals surface area contributed by atoms with Gasteiger partial charge in [0.15, 0.2) is 0 Å². The highest BCUT2D eigenvalue weighted by atomic mass is 16.5. The molecular weight excluding hydrogens is 324 g/mol. The molecule has 0 aliphatic heterocycles. The SMILES string of the molecule is CCN(CC(=O)Nc1ccccc1OC)Cc1occc1C(=O)OC. The quantitative estimate of drug-likeness (QED) is 0.740. The number of nitrogens with one attached hydrogen (secondary N) is 1. The summed E-state index contributed by atoms with van der Waals surface area (Å²) in [6, 6.07) is 8.76. The molecule has 1 heterocycles. The minimum Gasteiger partial charge on any atom is -0.495 e. The van der Waals surface area contributed by atoms with Crippen LogP contribution in [0.2, 0.25) is 0 Å². The summed E-state index contributed by atoms with van der Waals surface area (Å²) in [5.74, 6) is 0.424. The lowest BCUT2D eigenvalue weighted by molar-refractivity contribution is -0.117. The van der Waals surface area contributed by atoms with Crippen LogP contribution in [0.1, 0.15) is 23.0 Å². The van der Waals surface area contributed by atoms with Gasteiger partial charge >= 0.3 is 5.97 Å². The fourth-order valence-electron chi connectivity index (χ4n) is 2.38. The van der Waals surface area contributed by atoms with E-state index in [1.54, 1.807) is 25.3 Å². The number of nitrogens with zero attached hydrogens (tertiary/aromatic N) is 1. The van der Waals surface area contributed by atoms with E-state index in [0.717, 1.165) is 0 Å². The zero-order chi connectivity index (χ0) is 18.2. The molecule has 0 saturated heterocycles. The number of ether oxygens (including phenoxy) is 2. The first kappa shape index (κ1) is 18.5. The Hall–Kier alpha value is -2.80. The molecule has 0 spiro atoms. The molecule has 0 aliphatic rings. The van der Waals surface area contributed by atoms with Crippen LogP contribution in [0.15, 0.2) is 41.0 Å². The zero-order valence-corrected chi connectivity index (χ0v) is 14.6. The standard InChI is InChI=1S/C18H22N2O5/c1-4-20(11-16-13(9-10-25-16)18(22)24-3)12-17(21)19-14-7-5-6-8-15(14)23-2/h5-10H,4,11-12H2,1-3H3,(H,19,21). The summed E-state index contributed by atoms with van der Waals surface area (Å²) < 4.78 is 15.3. The Morgan fingerprint density at radius 2 is 1.96 bits per heavy atom. The second-order valence-corrected chi connectivity index (χ2v) is 5.30. The van der Waals surface area contributed by atoms with Crippen molar-refractivity contribution in [2.45, 2.75) is 13.5 Å². The largest absolute Gasteiger partial charge is 0.495 e. The van der Waals surface area contributed by atoms with Gasteiger partial charge in [-0.15, -0.1) is 0 Å². The summed E-state index contributed by atoms with van der Waals surface area (Å²) >= 11 is 0. The molecule has 0 bridgehead atoms. The number of hydrogen-bond acceptors (Lipinski definition) is 6. The van der Waals surface area contributed by atoms with Crippen LogP contribution in [0.4, 0.5) is 5.69 Å². The average molecular weight is 346 g/mol. The van der Waals surface area contributed by atoms with Crippen molar-refractivity contribution in [3.8, 4) is 5.75 Å². The third kappa shape index (κ3) is 4.84. The number of likely N-dealkylation sites (N-methyl/N-ethyl adjacent to an activating group) is 1. The molecular formula is C18H22N2O5. The number of methoxy groups -OCH3 is 2. The average Bonchev–Trinajstić information content (AvgIpc) is 3.09. The molecule has 0 aliphatic carbocycles. The summed E-state index contributed by atoms with van der Waals surface area (Å²) in [4.78, 5) is 25.9. The van der Waals surface area contributed by atoms with Gasteiger partial charge in [0.25, 0.3) is 0 Å². The molecule has 1 N–H and O–H groups in total. The molecule has 25 heavy (non-hydrogen) atoms. The van der Waals surface area contributed by atoms with Crippen LogP contribution in [-0.4, -0.2) is 44.1 Å². The summed E-state index contributed by atoms with van der Waals surface area (Å²) in [5.41, 5.74) is 0.977. The highest BCUT2D eigenvalue weighted by Crippen LogP contribution is 2.23. The number of furan rings is 1. The van der Waals surface area contributed by atoms with Gasteiger partial charge in [0.05, 0.1) is 39.3 Å². The number of rotatable bonds is 8. The first-order chi connectivity index (χ1) is 12.1. The fourth-order valence-corrected chi connectivity index (χ4v) is 2.38. The molecule has 134 valence electrons. The van der Waals surface area contributed by atoms with Gasteiger partial charge in [-0.1, -0.05) is 19.1 Å². The summed E-state index contributed by atoms with van der Waals surface area (Å²) in [6.07, 6.45) is 1.43. The lowest BCUT2D eigenvalue weighted by Crippen LogP contribution is -2.33. The second kappa shape index (κ2) is 8.89. The number of anilines is 1. The van der Waals surface area contributed by atoms with E-state index in [-0.39, 0.29) is 12.5 Å². The molecule has 0 unspecified atom stereocenters. The van der Waals surface area contributed by atoms with Gasteiger partial charge < -0.3 is 19.2 Å². The van der Waals surface area contributed by atoms with Gasteiger partial charge in [-0.05, 0) is 24.7 Å². The summed E-state index contributed by atoms with van der Waals surface area (Å²) in [5, 5.41) is 2.83. The second-order valence-electron chi connectivity index (χ2n) is 5.30. The first-order valence-corrected chi connectivity index (χ1v) is 7.89. The Kier molecular flexibility index (Phi) is 6.59. The summed E-state index contributed by atoms with van der Waals surface area (Å²) in [7, 11) is 2.87. The Bertz CT molecular complexity index is 726. The maximum Gasteiger partial charge on any atom is 0.341 e. The van der Waals surface area contributed by atoms with Crippen molar-refractivity contribution in [3.63, 3.8) is 0 Å². The molecule has 0 atom stereocenters.